The Bertz CT molecular complexity index is 363. The van der Waals surface area contributed by atoms with E-state index in [0.717, 1.165) is 12.2 Å². The molecule has 0 rings (SSSR count). The molecule has 0 spiro atoms. The zero-order chi connectivity index (χ0) is 21.1. The van der Waals surface area contributed by atoms with Crippen molar-refractivity contribution in [1.82, 2.24) is 0 Å². The molecule has 0 heterocycles. The third kappa shape index (κ3) is 67.6. The molecule has 0 saturated carbocycles. The number of hydrogen-bond donors (Lipinski definition) is 1. The SMILES string of the molecule is C.C=CC(=O)Cl.C=CCOCCO.C=CCOCCOC(=O)C=C.ClCCl. The molecule has 0 atom stereocenters. The number of rotatable bonds is 11. The summed E-state index contributed by atoms with van der Waals surface area (Å²) in [5.41, 5.74) is 0. The molecule has 0 bridgehead atoms. The van der Waals surface area contributed by atoms with E-state index in [1.807, 2.05) is 0 Å². The lowest BCUT2D eigenvalue weighted by Gasteiger charge is -2.00. The number of alkyl halides is 2. The van der Waals surface area contributed by atoms with Crippen LogP contribution < -0.4 is 0 Å². The van der Waals surface area contributed by atoms with Gasteiger partial charge in [-0.15, -0.1) is 36.4 Å². The fourth-order valence-electron chi connectivity index (χ4n) is 0.658. The molecule has 0 aliphatic heterocycles. The smallest absolute Gasteiger partial charge is 0.330 e. The van der Waals surface area contributed by atoms with Gasteiger partial charge in [-0.05, 0) is 17.7 Å². The molecule has 0 amide bonds. The minimum Gasteiger partial charge on any atom is -0.460 e. The predicted molar refractivity (Wildman–Crippen MR) is 115 cm³/mol. The Morgan fingerprint density at radius 1 is 0.889 bits per heavy atom. The summed E-state index contributed by atoms with van der Waals surface area (Å²) in [7, 11) is 0. The minimum atomic E-state index is -0.509. The maximum atomic E-state index is 10.4. The summed E-state index contributed by atoms with van der Waals surface area (Å²) in [5, 5.41) is 7.82. The number of ether oxygens (including phenoxy) is 3. The van der Waals surface area contributed by atoms with Gasteiger partial charge < -0.3 is 19.3 Å². The van der Waals surface area contributed by atoms with Crippen molar-refractivity contribution in [1.29, 1.82) is 0 Å². The van der Waals surface area contributed by atoms with Gasteiger partial charge in [-0.1, -0.05) is 32.7 Å². The van der Waals surface area contributed by atoms with Crippen LogP contribution in [0.2, 0.25) is 0 Å². The fraction of sp³-hybridized carbons (Fsp3) is 0.444. The van der Waals surface area contributed by atoms with Gasteiger partial charge in [-0.2, -0.15) is 0 Å². The Labute approximate surface area is 178 Å². The monoisotopic (exact) mass is 448 g/mol. The Kier molecular flexibility index (Phi) is 54.1. The standard InChI is InChI=1S/C8H12O3.C5H10O2.C3H3ClO.CH2Cl2.CH4/c1-3-5-10-6-7-11-8(9)4-2;1-2-4-7-5-3-6;1-2-3(4)5;2-1-3;/h3-4H,1-2,5-7H2;2,6H,1,3-5H2;2H,1H2;1H2;1H4. The largest absolute Gasteiger partial charge is 0.460 e. The van der Waals surface area contributed by atoms with Gasteiger partial charge in [-0.3, -0.25) is 4.79 Å². The van der Waals surface area contributed by atoms with E-state index >= 15 is 0 Å². The lowest BCUT2D eigenvalue weighted by atomic mass is 10.6. The molecular weight excluding hydrogens is 419 g/mol. The van der Waals surface area contributed by atoms with Crippen LogP contribution in [0.4, 0.5) is 0 Å². The summed E-state index contributed by atoms with van der Waals surface area (Å²) in [6.45, 7) is 15.4. The Morgan fingerprint density at radius 3 is 1.59 bits per heavy atom. The van der Waals surface area contributed by atoms with E-state index in [2.05, 4.69) is 31.1 Å². The van der Waals surface area contributed by atoms with Crippen molar-refractivity contribution in [3.8, 4) is 0 Å². The first-order valence-electron chi connectivity index (χ1n) is 7.12. The highest BCUT2D eigenvalue weighted by atomic mass is 35.5. The van der Waals surface area contributed by atoms with Gasteiger partial charge in [0.15, 0.2) is 0 Å². The number of allylic oxidation sites excluding steroid dienone is 1. The third-order valence-electron chi connectivity index (χ3n) is 1.51. The van der Waals surface area contributed by atoms with Gasteiger partial charge in [0, 0.05) is 6.08 Å². The number of esters is 1. The van der Waals surface area contributed by atoms with E-state index in [0.29, 0.717) is 26.4 Å². The van der Waals surface area contributed by atoms with Crippen molar-refractivity contribution in [2.75, 3.05) is 45.0 Å². The summed E-state index contributed by atoms with van der Waals surface area (Å²) < 4.78 is 14.3. The summed E-state index contributed by atoms with van der Waals surface area (Å²) in [4.78, 5) is 19.9. The average molecular weight is 450 g/mol. The molecule has 9 heteroatoms. The van der Waals surface area contributed by atoms with Crippen molar-refractivity contribution in [3.05, 3.63) is 50.6 Å². The molecule has 27 heavy (non-hydrogen) atoms. The second kappa shape index (κ2) is 39.8. The van der Waals surface area contributed by atoms with Crippen LogP contribution in [0.3, 0.4) is 0 Å². The highest BCUT2D eigenvalue weighted by Crippen LogP contribution is 1.81. The zero-order valence-corrected chi connectivity index (χ0v) is 17.0. The van der Waals surface area contributed by atoms with Crippen LogP contribution in [0.1, 0.15) is 7.43 Å². The van der Waals surface area contributed by atoms with Gasteiger partial charge in [0.05, 0.1) is 38.4 Å². The van der Waals surface area contributed by atoms with Crippen LogP contribution in [0.5, 0.6) is 0 Å². The minimum absolute atomic E-state index is 0. The Morgan fingerprint density at radius 2 is 1.30 bits per heavy atom. The summed E-state index contributed by atoms with van der Waals surface area (Å²) >= 11 is 14.2. The molecule has 160 valence electrons. The average Bonchev–Trinajstić information content (AvgIpc) is 2.63. The summed E-state index contributed by atoms with van der Waals surface area (Å²) in [6, 6.07) is 0. The first-order chi connectivity index (χ1) is 12.4. The van der Waals surface area contributed by atoms with E-state index in [-0.39, 0.29) is 26.0 Å². The van der Waals surface area contributed by atoms with Crippen LogP contribution in [0.25, 0.3) is 0 Å². The molecule has 0 radical (unpaired) electrons. The van der Waals surface area contributed by atoms with Crippen molar-refractivity contribution in [2.45, 2.75) is 7.43 Å². The number of halogens is 3. The quantitative estimate of drug-likeness (QED) is 0.128. The van der Waals surface area contributed by atoms with E-state index in [9.17, 15) is 9.59 Å². The predicted octanol–water partition coefficient (Wildman–Crippen LogP) is 4.09. The highest BCUT2D eigenvalue weighted by molar-refractivity contribution is 6.66. The van der Waals surface area contributed by atoms with Crippen molar-refractivity contribution >= 4 is 46.0 Å². The number of hydrogen-bond acceptors (Lipinski definition) is 6. The summed E-state index contributed by atoms with van der Waals surface area (Å²) in [5.74, 6) is -0.424. The van der Waals surface area contributed by atoms with Gasteiger partial charge in [0.1, 0.15) is 6.61 Å². The van der Waals surface area contributed by atoms with Crippen molar-refractivity contribution in [2.24, 2.45) is 0 Å². The third-order valence-corrected chi connectivity index (χ3v) is 1.66. The van der Waals surface area contributed by atoms with Gasteiger partial charge in [0.2, 0.25) is 5.24 Å². The zero-order valence-electron chi connectivity index (χ0n) is 14.7. The lowest BCUT2D eigenvalue weighted by molar-refractivity contribution is -0.139. The number of carbonyl (C=O) groups excluding carboxylic acids is 2. The molecule has 0 aliphatic rings. The highest BCUT2D eigenvalue weighted by Gasteiger charge is 1.92. The van der Waals surface area contributed by atoms with Crippen molar-refractivity contribution in [3.63, 3.8) is 0 Å². The van der Waals surface area contributed by atoms with E-state index < -0.39 is 11.2 Å². The fourth-order valence-corrected chi connectivity index (χ4v) is 0.658. The van der Waals surface area contributed by atoms with E-state index in [1.165, 1.54) is 0 Å². The second-order valence-electron chi connectivity index (χ2n) is 3.43. The molecule has 6 nitrogen and oxygen atoms in total. The van der Waals surface area contributed by atoms with E-state index in [4.69, 9.17) is 49.4 Å². The lowest BCUT2D eigenvalue weighted by Crippen LogP contribution is -2.08. The normalized spacial score (nSPS) is 7.70. The molecular formula is C18H31Cl3O6. The summed E-state index contributed by atoms with van der Waals surface area (Å²) in [6.07, 6.45) is 5.44. The molecule has 0 aromatic rings. The molecule has 0 fully saturated rings. The molecule has 0 aromatic carbocycles. The number of aliphatic hydroxyl groups is 1. The molecule has 0 aliphatic carbocycles. The van der Waals surface area contributed by atoms with E-state index in [1.54, 1.807) is 12.2 Å². The number of carbonyl (C=O) groups is 2. The van der Waals surface area contributed by atoms with Crippen molar-refractivity contribution < 1.29 is 28.9 Å². The Hall–Kier alpha value is -1.15. The van der Waals surface area contributed by atoms with Gasteiger partial charge in [0.25, 0.3) is 0 Å². The van der Waals surface area contributed by atoms with Crippen LogP contribution in [0.15, 0.2) is 50.6 Å². The van der Waals surface area contributed by atoms with Crippen LogP contribution in [0, 0.1) is 0 Å². The number of aliphatic hydroxyl groups excluding tert-OH is 1. The van der Waals surface area contributed by atoms with Crippen LogP contribution >= 0.6 is 34.8 Å². The van der Waals surface area contributed by atoms with Gasteiger partial charge in [-0.25, -0.2) is 4.79 Å². The molecule has 0 unspecified atom stereocenters. The first kappa shape index (κ1) is 36.7. The first-order valence-corrected chi connectivity index (χ1v) is 8.57. The maximum absolute atomic E-state index is 10.4. The molecule has 0 saturated heterocycles. The van der Waals surface area contributed by atoms with Gasteiger partial charge >= 0.3 is 5.97 Å². The maximum Gasteiger partial charge on any atom is 0.330 e. The molecule has 0 aromatic heterocycles. The van der Waals surface area contributed by atoms with Crippen LogP contribution in [-0.2, 0) is 23.8 Å². The topological polar surface area (TPSA) is 82.1 Å². The van der Waals surface area contributed by atoms with Crippen LogP contribution in [-0.4, -0.2) is 61.3 Å². The molecule has 1 N–H and O–H groups in total. The Balaban J connectivity index is -0.0000000873. The second-order valence-corrected chi connectivity index (χ2v) is 4.61.